The van der Waals surface area contributed by atoms with Crippen molar-refractivity contribution < 1.29 is 9.32 Å². The Balaban J connectivity index is 1.99. The lowest BCUT2D eigenvalue weighted by Crippen LogP contribution is -2.29. The first-order chi connectivity index (χ1) is 6.29. The van der Waals surface area contributed by atoms with E-state index in [4.69, 9.17) is 4.52 Å². The molecular formula is C8H13N3O2. The van der Waals surface area contributed by atoms with E-state index in [-0.39, 0.29) is 5.91 Å². The number of hydrogen-bond acceptors (Lipinski definition) is 4. The fourth-order valence-electron chi connectivity index (χ4n) is 0.872. The molecule has 0 radical (unpaired) electrons. The number of hydrogen-bond donors (Lipinski definition) is 2. The summed E-state index contributed by atoms with van der Waals surface area (Å²) in [6.07, 6.45) is 1.60. The van der Waals surface area contributed by atoms with Gasteiger partial charge in [0.2, 0.25) is 5.91 Å². The smallest absolute Gasteiger partial charge is 0.216 e. The molecule has 1 amide bonds. The van der Waals surface area contributed by atoms with Crippen LogP contribution in [0.25, 0.3) is 0 Å². The second kappa shape index (κ2) is 5.31. The molecule has 13 heavy (non-hydrogen) atoms. The summed E-state index contributed by atoms with van der Waals surface area (Å²) >= 11 is 0. The van der Waals surface area contributed by atoms with E-state index >= 15 is 0 Å². The van der Waals surface area contributed by atoms with Gasteiger partial charge in [0.15, 0.2) is 0 Å². The highest BCUT2D eigenvalue weighted by molar-refractivity contribution is 5.72. The lowest BCUT2D eigenvalue weighted by molar-refractivity contribution is -0.118. The van der Waals surface area contributed by atoms with Crippen molar-refractivity contribution in [2.45, 2.75) is 13.5 Å². The van der Waals surface area contributed by atoms with Gasteiger partial charge in [-0.3, -0.25) is 4.79 Å². The molecule has 1 aromatic heterocycles. The first-order valence-electron chi connectivity index (χ1n) is 4.14. The number of aromatic nitrogens is 1. The Morgan fingerprint density at radius 1 is 1.62 bits per heavy atom. The zero-order chi connectivity index (χ0) is 9.52. The summed E-state index contributed by atoms with van der Waals surface area (Å²) in [6, 6.07) is 1.80. The van der Waals surface area contributed by atoms with E-state index in [2.05, 4.69) is 15.8 Å². The molecule has 2 N–H and O–H groups in total. The molecule has 0 spiro atoms. The number of rotatable bonds is 5. The van der Waals surface area contributed by atoms with Gasteiger partial charge in [-0.15, -0.1) is 0 Å². The van der Waals surface area contributed by atoms with Crippen molar-refractivity contribution in [1.29, 1.82) is 0 Å². The number of amides is 1. The summed E-state index contributed by atoms with van der Waals surface area (Å²) in [6.45, 7) is 3.49. The molecule has 1 rings (SSSR count). The van der Waals surface area contributed by atoms with Crippen LogP contribution in [-0.2, 0) is 11.3 Å². The molecule has 5 nitrogen and oxygen atoms in total. The molecule has 72 valence electrons. The average molecular weight is 183 g/mol. The summed E-state index contributed by atoms with van der Waals surface area (Å²) in [5, 5.41) is 9.34. The van der Waals surface area contributed by atoms with E-state index in [0.29, 0.717) is 13.1 Å². The molecule has 0 fully saturated rings. The summed E-state index contributed by atoms with van der Waals surface area (Å²) in [4.78, 5) is 10.5. The van der Waals surface area contributed by atoms with Gasteiger partial charge in [-0.1, -0.05) is 5.16 Å². The third-order valence-corrected chi connectivity index (χ3v) is 1.47. The number of nitrogens with zero attached hydrogens (tertiary/aromatic N) is 1. The Morgan fingerprint density at radius 2 is 2.46 bits per heavy atom. The minimum absolute atomic E-state index is 0.0125. The Hall–Kier alpha value is -1.36. The van der Waals surface area contributed by atoms with Crippen LogP contribution < -0.4 is 10.6 Å². The fraction of sp³-hybridized carbons (Fsp3) is 0.500. The zero-order valence-corrected chi connectivity index (χ0v) is 7.54. The third-order valence-electron chi connectivity index (χ3n) is 1.47. The van der Waals surface area contributed by atoms with E-state index < -0.39 is 0 Å². The Morgan fingerprint density at radius 3 is 3.08 bits per heavy atom. The highest BCUT2D eigenvalue weighted by Crippen LogP contribution is 1.93. The Kier molecular flexibility index (Phi) is 3.98. The Labute approximate surface area is 76.5 Å². The van der Waals surface area contributed by atoms with Crippen molar-refractivity contribution in [3.8, 4) is 0 Å². The van der Waals surface area contributed by atoms with Gasteiger partial charge >= 0.3 is 0 Å². The maximum Gasteiger partial charge on any atom is 0.216 e. The highest BCUT2D eigenvalue weighted by Gasteiger charge is 1.95. The van der Waals surface area contributed by atoms with Crippen LogP contribution in [0.3, 0.4) is 0 Å². The predicted octanol–water partition coefficient (Wildman–Crippen LogP) is -0.0997. The predicted molar refractivity (Wildman–Crippen MR) is 46.9 cm³/mol. The van der Waals surface area contributed by atoms with E-state index in [9.17, 15) is 4.79 Å². The van der Waals surface area contributed by atoms with Gasteiger partial charge in [-0.25, -0.2) is 0 Å². The summed E-state index contributed by atoms with van der Waals surface area (Å²) in [5.41, 5.74) is 0. The molecule has 0 aliphatic carbocycles. The van der Waals surface area contributed by atoms with Crippen LogP contribution in [0.4, 0.5) is 0 Å². The molecule has 0 aliphatic heterocycles. The molecule has 0 atom stereocenters. The molecule has 0 unspecified atom stereocenters. The van der Waals surface area contributed by atoms with Gasteiger partial charge < -0.3 is 15.2 Å². The van der Waals surface area contributed by atoms with Crippen molar-refractivity contribution in [3.05, 3.63) is 18.0 Å². The molecule has 1 heterocycles. The van der Waals surface area contributed by atoms with E-state index in [1.807, 2.05) is 0 Å². The second-order valence-electron chi connectivity index (χ2n) is 2.64. The molecular weight excluding hydrogens is 170 g/mol. The lowest BCUT2D eigenvalue weighted by Gasteiger charge is -2.02. The van der Waals surface area contributed by atoms with Crippen molar-refractivity contribution in [2.24, 2.45) is 0 Å². The summed E-state index contributed by atoms with van der Waals surface area (Å²) in [5.74, 6) is 0.782. The SMILES string of the molecule is CC(=O)NCCNCc1ccno1. The number of carbonyl (C=O) groups is 1. The van der Waals surface area contributed by atoms with Crippen LogP contribution in [-0.4, -0.2) is 24.2 Å². The molecule has 0 saturated heterocycles. The molecule has 0 bridgehead atoms. The summed E-state index contributed by atoms with van der Waals surface area (Å²) in [7, 11) is 0. The van der Waals surface area contributed by atoms with Gasteiger partial charge in [0.1, 0.15) is 5.76 Å². The normalized spacial score (nSPS) is 9.92. The first kappa shape index (κ1) is 9.73. The van der Waals surface area contributed by atoms with Gasteiger partial charge in [0, 0.05) is 26.1 Å². The van der Waals surface area contributed by atoms with Gasteiger partial charge in [-0.05, 0) is 0 Å². The minimum atomic E-state index is -0.0125. The van der Waals surface area contributed by atoms with Gasteiger partial charge in [-0.2, -0.15) is 0 Å². The minimum Gasteiger partial charge on any atom is -0.360 e. The van der Waals surface area contributed by atoms with Crippen molar-refractivity contribution in [1.82, 2.24) is 15.8 Å². The van der Waals surface area contributed by atoms with Gasteiger partial charge in [0.05, 0.1) is 12.7 Å². The second-order valence-corrected chi connectivity index (χ2v) is 2.64. The standard InChI is InChI=1S/C8H13N3O2/c1-7(12)10-5-4-9-6-8-2-3-11-13-8/h2-3,9H,4-6H2,1H3,(H,10,12). The van der Waals surface area contributed by atoms with Crippen LogP contribution in [0.15, 0.2) is 16.8 Å². The lowest BCUT2D eigenvalue weighted by atomic mass is 10.4. The highest BCUT2D eigenvalue weighted by atomic mass is 16.5. The zero-order valence-electron chi connectivity index (χ0n) is 7.54. The number of nitrogens with one attached hydrogen (secondary N) is 2. The van der Waals surface area contributed by atoms with Gasteiger partial charge in [0.25, 0.3) is 0 Å². The average Bonchev–Trinajstić information content (AvgIpc) is 2.55. The molecule has 0 aliphatic rings. The van der Waals surface area contributed by atoms with Crippen molar-refractivity contribution in [2.75, 3.05) is 13.1 Å². The first-order valence-corrected chi connectivity index (χ1v) is 4.14. The third kappa shape index (κ3) is 4.27. The number of carbonyl (C=O) groups excluding carboxylic acids is 1. The van der Waals surface area contributed by atoms with Crippen molar-refractivity contribution >= 4 is 5.91 Å². The summed E-state index contributed by atoms with van der Waals surface area (Å²) < 4.78 is 4.86. The quantitative estimate of drug-likeness (QED) is 0.625. The van der Waals surface area contributed by atoms with Crippen LogP contribution in [0.1, 0.15) is 12.7 Å². The van der Waals surface area contributed by atoms with Crippen LogP contribution >= 0.6 is 0 Å². The van der Waals surface area contributed by atoms with E-state index in [1.165, 1.54) is 6.92 Å². The van der Waals surface area contributed by atoms with Crippen LogP contribution in [0.2, 0.25) is 0 Å². The topological polar surface area (TPSA) is 67.2 Å². The van der Waals surface area contributed by atoms with Crippen LogP contribution in [0.5, 0.6) is 0 Å². The maximum atomic E-state index is 10.5. The van der Waals surface area contributed by atoms with Crippen LogP contribution in [0, 0.1) is 0 Å². The van der Waals surface area contributed by atoms with E-state index in [0.717, 1.165) is 12.3 Å². The molecule has 0 saturated carbocycles. The monoisotopic (exact) mass is 183 g/mol. The molecule has 1 aromatic rings. The van der Waals surface area contributed by atoms with E-state index in [1.54, 1.807) is 12.3 Å². The largest absolute Gasteiger partial charge is 0.360 e. The maximum absolute atomic E-state index is 10.5. The Bertz CT molecular complexity index is 246. The molecule has 0 aromatic carbocycles. The van der Waals surface area contributed by atoms with Crippen molar-refractivity contribution in [3.63, 3.8) is 0 Å². The fourth-order valence-corrected chi connectivity index (χ4v) is 0.872. The molecule has 5 heteroatoms.